The first kappa shape index (κ1) is 17.3. The summed E-state index contributed by atoms with van der Waals surface area (Å²) in [4.78, 5) is 14.4. The molecule has 3 rings (SSSR count). The molecular formula is C18H25N5O2. The normalized spacial score (nSPS) is 17.4. The monoisotopic (exact) mass is 343 g/mol. The zero-order chi connectivity index (χ0) is 17.6. The van der Waals surface area contributed by atoms with E-state index in [0.29, 0.717) is 12.5 Å². The Hall–Kier alpha value is -2.57. The van der Waals surface area contributed by atoms with Crippen LogP contribution in [0.3, 0.4) is 0 Å². The third-order valence-electron chi connectivity index (χ3n) is 4.69. The summed E-state index contributed by atoms with van der Waals surface area (Å²) in [6.07, 6.45) is 4.73. The summed E-state index contributed by atoms with van der Waals surface area (Å²) in [7, 11) is 3.60. The van der Waals surface area contributed by atoms with E-state index in [9.17, 15) is 4.79 Å². The van der Waals surface area contributed by atoms with E-state index in [1.807, 2.05) is 40.8 Å². The van der Waals surface area contributed by atoms with Gasteiger partial charge in [0.1, 0.15) is 17.9 Å². The van der Waals surface area contributed by atoms with Crippen molar-refractivity contribution in [1.82, 2.24) is 25.0 Å². The number of piperidine rings is 1. The number of amides is 2. The molecule has 0 aliphatic carbocycles. The third-order valence-corrected chi connectivity index (χ3v) is 4.69. The van der Waals surface area contributed by atoms with E-state index < -0.39 is 0 Å². The number of methoxy groups -OCH3 is 1. The molecule has 25 heavy (non-hydrogen) atoms. The van der Waals surface area contributed by atoms with Gasteiger partial charge in [0.2, 0.25) is 0 Å². The first-order valence-electron chi connectivity index (χ1n) is 8.64. The van der Waals surface area contributed by atoms with Gasteiger partial charge in [0.25, 0.3) is 0 Å². The van der Waals surface area contributed by atoms with Crippen LogP contribution < -0.4 is 10.1 Å². The van der Waals surface area contributed by atoms with Crippen molar-refractivity contribution in [3.8, 4) is 5.75 Å². The number of nitrogens with one attached hydrogen (secondary N) is 1. The Morgan fingerprint density at radius 2 is 2.16 bits per heavy atom. The zero-order valence-corrected chi connectivity index (χ0v) is 14.8. The lowest BCUT2D eigenvalue weighted by Crippen LogP contribution is -2.45. The molecule has 7 nitrogen and oxygen atoms in total. The van der Waals surface area contributed by atoms with Gasteiger partial charge in [-0.1, -0.05) is 12.1 Å². The molecule has 2 aromatic rings. The zero-order valence-electron chi connectivity index (χ0n) is 14.8. The van der Waals surface area contributed by atoms with Gasteiger partial charge in [0.15, 0.2) is 0 Å². The number of carbonyl (C=O) groups is 1. The van der Waals surface area contributed by atoms with E-state index in [-0.39, 0.29) is 6.03 Å². The molecular weight excluding hydrogens is 318 g/mol. The molecule has 0 unspecified atom stereocenters. The quantitative estimate of drug-likeness (QED) is 0.901. The standard InChI is InChI=1S/C18H25N5O2/c1-22-13-20-21-17(22)10-15-4-3-9-23(12-15)18(24)19-11-14-5-7-16(25-2)8-6-14/h5-8,13,15H,3-4,9-12H2,1-2H3,(H,19,24)/t15-/m1/s1. The molecule has 1 aliphatic rings. The van der Waals surface area contributed by atoms with Gasteiger partial charge < -0.3 is 19.5 Å². The first-order valence-corrected chi connectivity index (χ1v) is 8.64. The van der Waals surface area contributed by atoms with Crippen molar-refractivity contribution in [2.75, 3.05) is 20.2 Å². The van der Waals surface area contributed by atoms with Crippen LogP contribution in [-0.2, 0) is 20.0 Å². The number of likely N-dealkylation sites (tertiary alicyclic amines) is 1. The highest BCUT2D eigenvalue weighted by Crippen LogP contribution is 2.20. The predicted octanol–water partition coefficient (Wildman–Crippen LogP) is 1.99. The van der Waals surface area contributed by atoms with Crippen LogP contribution in [-0.4, -0.2) is 45.9 Å². The minimum Gasteiger partial charge on any atom is -0.497 e. The molecule has 1 fully saturated rings. The summed E-state index contributed by atoms with van der Waals surface area (Å²) in [5, 5.41) is 11.1. The van der Waals surface area contributed by atoms with E-state index in [2.05, 4.69) is 15.5 Å². The SMILES string of the molecule is COc1ccc(CNC(=O)N2CCC[C@H](Cc3nncn3C)C2)cc1. The second kappa shape index (κ2) is 8.00. The van der Waals surface area contributed by atoms with Crippen molar-refractivity contribution < 1.29 is 9.53 Å². The van der Waals surface area contributed by atoms with Crippen molar-refractivity contribution in [3.63, 3.8) is 0 Å². The number of aromatic nitrogens is 3. The number of hydrogen-bond acceptors (Lipinski definition) is 4. The summed E-state index contributed by atoms with van der Waals surface area (Å²) in [6, 6.07) is 7.73. The topological polar surface area (TPSA) is 72.3 Å². The summed E-state index contributed by atoms with van der Waals surface area (Å²) in [6.45, 7) is 2.10. The minimum atomic E-state index is -0.00140. The van der Waals surface area contributed by atoms with Gasteiger partial charge >= 0.3 is 6.03 Å². The van der Waals surface area contributed by atoms with E-state index in [4.69, 9.17) is 4.74 Å². The average molecular weight is 343 g/mol. The molecule has 0 bridgehead atoms. The van der Waals surface area contributed by atoms with Crippen molar-refractivity contribution in [2.45, 2.75) is 25.8 Å². The van der Waals surface area contributed by atoms with Gasteiger partial charge in [-0.05, 0) is 36.5 Å². The second-order valence-corrected chi connectivity index (χ2v) is 6.52. The van der Waals surface area contributed by atoms with Crippen LogP contribution in [0.15, 0.2) is 30.6 Å². The number of ether oxygens (including phenoxy) is 1. The molecule has 1 N–H and O–H groups in total. The Morgan fingerprint density at radius 3 is 2.84 bits per heavy atom. The highest BCUT2D eigenvalue weighted by Gasteiger charge is 2.24. The van der Waals surface area contributed by atoms with Gasteiger partial charge in [-0.15, -0.1) is 10.2 Å². The largest absolute Gasteiger partial charge is 0.497 e. The van der Waals surface area contributed by atoms with Crippen molar-refractivity contribution in [1.29, 1.82) is 0 Å². The second-order valence-electron chi connectivity index (χ2n) is 6.52. The maximum atomic E-state index is 12.5. The molecule has 134 valence electrons. The maximum Gasteiger partial charge on any atom is 0.317 e. The summed E-state index contributed by atoms with van der Waals surface area (Å²) >= 11 is 0. The number of urea groups is 1. The fourth-order valence-electron chi connectivity index (χ4n) is 3.20. The lowest BCUT2D eigenvalue weighted by Gasteiger charge is -2.32. The number of aryl methyl sites for hydroxylation is 1. The number of nitrogens with zero attached hydrogens (tertiary/aromatic N) is 4. The maximum absolute atomic E-state index is 12.5. The van der Waals surface area contributed by atoms with Crippen molar-refractivity contribution in [3.05, 3.63) is 42.0 Å². The minimum absolute atomic E-state index is 0.00140. The van der Waals surface area contributed by atoms with E-state index in [0.717, 1.165) is 49.5 Å². The van der Waals surface area contributed by atoms with Gasteiger partial charge in [-0.2, -0.15) is 0 Å². The Balaban J connectivity index is 1.50. The number of carbonyl (C=O) groups excluding carboxylic acids is 1. The Morgan fingerprint density at radius 1 is 1.36 bits per heavy atom. The van der Waals surface area contributed by atoms with Crippen molar-refractivity contribution in [2.24, 2.45) is 13.0 Å². The van der Waals surface area contributed by atoms with Crippen LogP contribution in [0.5, 0.6) is 5.75 Å². The van der Waals surface area contributed by atoms with Crippen LogP contribution >= 0.6 is 0 Å². The van der Waals surface area contributed by atoms with Gasteiger partial charge in [0.05, 0.1) is 7.11 Å². The number of hydrogen-bond donors (Lipinski definition) is 1. The van der Waals surface area contributed by atoms with Gasteiger partial charge in [0, 0.05) is 33.1 Å². The van der Waals surface area contributed by atoms with Crippen LogP contribution in [0.25, 0.3) is 0 Å². The average Bonchev–Trinajstić information content (AvgIpc) is 3.05. The lowest BCUT2D eigenvalue weighted by molar-refractivity contribution is 0.164. The van der Waals surface area contributed by atoms with Crippen molar-refractivity contribution >= 4 is 6.03 Å². The molecule has 1 aromatic heterocycles. The molecule has 1 aromatic carbocycles. The van der Waals surface area contributed by atoms with E-state index in [1.54, 1.807) is 13.4 Å². The smallest absolute Gasteiger partial charge is 0.317 e. The molecule has 2 amide bonds. The molecule has 2 heterocycles. The molecule has 1 atom stereocenters. The summed E-state index contributed by atoms with van der Waals surface area (Å²) < 4.78 is 7.09. The third kappa shape index (κ3) is 4.49. The summed E-state index contributed by atoms with van der Waals surface area (Å²) in [5.41, 5.74) is 1.06. The lowest BCUT2D eigenvalue weighted by atomic mass is 9.94. The van der Waals surface area contributed by atoms with Crippen LogP contribution in [0.4, 0.5) is 4.79 Å². The molecule has 7 heteroatoms. The molecule has 0 radical (unpaired) electrons. The highest BCUT2D eigenvalue weighted by molar-refractivity contribution is 5.74. The van der Waals surface area contributed by atoms with E-state index >= 15 is 0 Å². The van der Waals surface area contributed by atoms with Gasteiger partial charge in [-0.25, -0.2) is 4.79 Å². The highest BCUT2D eigenvalue weighted by atomic mass is 16.5. The molecule has 0 spiro atoms. The number of rotatable bonds is 5. The van der Waals surface area contributed by atoms with Crippen LogP contribution in [0, 0.1) is 5.92 Å². The predicted molar refractivity (Wildman–Crippen MR) is 94.2 cm³/mol. The summed E-state index contributed by atoms with van der Waals surface area (Å²) in [5.74, 6) is 2.23. The first-order chi connectivity index (χ1) is 12.2. The fourth-order valence-corrected chi connectivity index (χ4v) is 3.20. The van der Waals surface area contributed by atoms with Gasteiger partial charge in [-0.3, -0.25) is 0 Å². The Kier molecular flexibility index (Phi) is 5.53. The fraction of sp³-hybridized carbons (Fsp3) is 0.500. The van der Waals surface area contributed by atoms with Crippen LogP contribution in [0.2, 0.25) is 0 Å². The van der Waals surface area contributed by atoms with E-state index in [1.165, 1.54) is 0 Å². The molecule has 1 saturated heterocycles. The Labute approximate surface area is 148 Å². The van der Waals surface area contributed by atoms with Crippen LogP contribution in [0.1, 0.15) is 24.2 Å². The molecule has 0 saturated carbocycles. The molecule has 1 aliphatic heterocycles. The Bertz CT molecular complexity index is 698. The number of benzene rings is 1.